The molecule has 32 heavy (non-hydrogen) atoms. The van der Waals surface area contributed by atoms with Crippen molar-refractivity contribution in [2.45, 2.75) is 31.8 Å². The average Bonchev–Trinajstić information content (AvgIpc) is 2.82. The lowest BCUT2D eigenvalue weighted by Gasteiger charge is -2.44. The van der Waals surface area contributed by atoms with Crippen LogP contribution in [0.5, 0.6) is 5.75 Å². The van der Waals surface area contributed by atoms with E-state index in [1.54, 1.807) is 30.1 Å². The molecule has 4 rings (SSSR count). The highest BCUT2D eigenvalue weighted by atomic mass is 16.5. The van der Waals surface area contributed by atoms with Gasteiger partial charge in [0, 0.05) is 26.3 Å². The second-order valence-electron chi connectivity index (χ2n) is 7.87. The first-order valence-electron chi connectivity index (χ1n) is 10.6. The molecule has 1 fully saturated rings. The number of hydrogen-bond acceptors (Lipinski definition) is 8. The van der Waals surface area contributed by atoms with Crippen LogP contribution in [-0.2, 0) is 14.3 Å². The van der Waals surface area contributed by atoms with Gasteiger partial charge in [-0.15, -0.1) is 0 Å². The summed E-state index contributed by atoms with van der Waals surface area (Å²) in [5.74, 6) is 1.26. The molecule has 1 N–H and O–H groups in total. The molecular weight excluding hydrogens is 412 g/mol. The normalized spacial score (nSPS) is 18.9. The number of rotatable bonds is 5. The Balaban J connectivity index is 1.72. The zero-order valence-corrected chi connectivity index (χ0v) is 18.8. The Bertz CT molecular complexity index is 1020. The summed E-state index contributed by atoms with van der Waals surface area (Å²) in [6.07, 6.45) is 1.68. The smallest absolute Gasteiger partial charge is 0.341 e. The number of carbonyl (C=O) groups is 2. The fraction of sp³-hybridized carbons (Fsp3) is 0.435. The van der Waals surface area contributed by atoms with Crippen molar-refractivity contribution in [1.29, 1.82) is 0 Å². The number of benzene rings is 1. The molecule has 2 aliphatic heterocycles. The molecule has 1 aromatic carbocycles. The number of pyridine rings is 1. The molecule has 0 saturated carbocycles. The molecule has 0 aliphatic carbocycles. The zero-order valence-electron chi connectivity index (χ0n) is 18.8. The molecule has 0 bridgehead atoms. The van der Waals surface area contributed by atoms with Crippen LogP contribution in [0.25, 0.3) is 0 Å². The largest absolute Gasteiger partial charge is 0.494 e. The van der Waals surface area contributed by atoms with Crippen molar-refractivity contribution in [2.24, 2.45) is 0 Å². The lowest BCUT2D eigenvalue weighted by molar-refractivity contribution is -0.119. The molecule has 170 valence electrons. The van der Waals surface area contributed by atoms with Gasteiger partial charge in [-0.05, 0) is 44.0 Å². The maximum atomic E-state index is 12.9. The van der Waals surface area contributed by atoms with Crippen LogP contribution in [0.4, 0.5) is 23.0 Å². The number of nitrogens with one attached hydrogen (secondary N) is 1. The zero-order chi connectivity index (χ0) is 22.8. The summed E-state index contributed by atoms with van der Waals surface area (Å²) in [6, 6.07) is 8.75. The van der Waals surface area contributed by atoms with E-state index in [1.807, 2.05) is 19.1 Å². The lowest BCUT2D eigenvalue weighted by atomic mass is 10.0. The van der Waals surface area contributed by atoms with Gasteiger partial charge in [-0.1, -0.05) is 6.07 Å². The maximum Gasteiger partial charge on any atom is 0.341 e. The number of hydrogen-bond donors (Lipinski definition) is 1. The Morgan fingerprint density at radius 2 is 1.94 bits per heavy atom. The van der Waals surface area contributed by atoms with Gasteiger partial charge in [0.1, 0.15) is 17.4 Å². The van der Waals surface area contributed by atoms with Crippen LogP contribution >= 0.6 is 0 Å². The highest BCUT2D eigenvalue weighted by Gasteiger charge is 2.39. The van der Waals surface area contributed by atoms with Gasteiger partial charge in [-0.25, -0.2) is 9.78 Å². The summed E-state index contributed by atoms with van der Waals surface area (Å²) in [4.78, 5) is 33.6. The fourth-order valence-corrected chi connectivity index (χ4v) is 4.38. The summed E-state index contributed by atoms with van der Waals surface area (Å²) >= 11 is 0. The van der Waals surface area contributed by atoms with Crippen LogP contribution in [-0.4, -0.2) is 63.4 Å². The van der Waals surface area contributed by atoms with Crippen LogP contribution in [0.15, 0.2) is 30.3 Å². The minimum Gasteiger partial charge on any atom is -0.494 e. The van der Waals surface area contributed by atoms with E-state index in [0.29, 0.717) is 36.0 Å². The Labute approximate surface area is 187 Å². The van der Waals surface area contributed by atoms with E-state index in [9.17, 15) is 9.59 Å². The Kier molecular flexibility index (Phi) is 6.18. The molecule has 2 aliphatic rings. The number of para-hydroxylation sites is 1. The number of nitrogens with zero attached hydrogens (tertiary/aromatic N) is 3. The highest BCUT2D eigenvalue weighted by molar-refractivity contribution is 6.04. The summed E-state index contributed by atoms with van der Waals surface area (Å²) in [6.45, 7) is 3.26. The number of anilines is 4. The van der Waals surface area contributed by atoms with Crippen molar-refractivity contribution < 1.29 is 23.8 Å². The molecular formula is C23H28N4O5. The average molecular weight is 441 g/mol. The van der Waals surface area contributed by atoms with Crippen molar-refractivity contribution in [3.63, 3.8) is 0 Å². The summed E-state index contributed by atoms with van der Waals surface area (Å²) in [5.41, 5.74) is 1.68. The standard InChI is InChI=1S/C23H28N4O5/c1-14-22(28)26(2)18-8-9-19(25-21(18)27(14)15-10-12-32-13-11-15)24-17-7-5-6-16(20(17)30-3)23(29)31-4/h5-9,14-15H,10-13H2,1-4H3,(H,24,25). The Morgan fingerprint density at radius 3 is 2.62 bits per heavy atom. The molecule has 1 saturated heterocycles. The van der Waals surface area contributed by atoms with Crippen LogP contribution in [0.3, 0.4) is 0 Å². The predicted molar refractivity (Wildman–Crippen MR) is 121 cm³/mol. The van der Waals surface area contributed by atoms with Crippen molar-refractivity contribution in [3.8, 4) is 5.75 Å². The predicted octanol–water partition coefficient (Wildman–Crippen LogP) is 2.97. The molecule has 3 heterocycles. The first kappa shape index (κ1) is 21.9. The van der Waals surface area contributed by atoms with E-state index in [-0.39, 0.29) is 18.0 Å². The van der Waals surface area contributed by atoms with Crippen LogP contribution in [0.2, 0.25) is 0 Å². The maximum absolute atomic E-state index is 12.9. The third kappa shape index (κ3) is 3.84. The molecule has 9 nitrogen and oxygen atoms in total. The number of carbonyl (C=O) groups excluding carboxylic acids is 2. The summed E-state index contributed by atoms with van der Waals surface area (Å²) in [7, 11) is 4.61. The minimum atomic E-state index is -0.483. The number of esters is 1. The van der Waals surface area contributed by atoms with Crippen molar-refractivity contribution in [3.05, 3.63) is 35.9 Å². The van der Waals surface area contributed by atoms with Crippen LogP contribution in [0.1, 0.15) is 30.1 Å². The summed E-state index contributed by atoms with van der Waals surface area (Å²) < 4.78 is 15.9. The SMILES string of the molecule is COC(=O)c1cccc(Nc2ccc3c(n2)N(C2CCOCC2)C(C)C(=O)N3C)c1OC. The van der Waals surface area contributed by atoms with E-state index in [1.165, 1.54) is 14.2 Å². The van der Waals surface area contributed by atoms with Crippen molar-refractivity contribution in [2.75, 3.05) is 49.6 Å². The summed E-state index contributed by atoms with van der Waals surface area (Å²) in [5, 5.41) is 3.26. The quantitative estimate of drug-likeness (QED) is 0.710. The molecule has 1 aromatic heterocycles. The second-order valence-corrected chi connectivity index (χ2v) is 7.87. The Morgan fingerprint density at radius 1 is 1.19 bits per heavy atom. The van der Waals surface area contributed by atoms with E-state index < -0.39 is 5.97 Å². The van der Waals surface area contributed by atoms with Crippen LogP contribution < -0.4 is 19.9 Å². The number of fused-ring (bicyclic) bond motifs is 1. The first-order valence-corrected chi connectivity index (χ1v) is 10.6. The molecule has 0 spiro atoms. The minimum absolute atomic E-state index is 0.0407. The molecule has 0 radical (unpaired) electrons. The monoisotopic (exact) mass is 440 g/mol. The molecule has 1 amide bonds. The number of ether oxygens (including phenoxy) is 3. The third-order valence-electron chi connectivity index (χ3n) is 6.04. The lowest BCUT2D eigenvalue weighted by Crippen LogP contribution is -2.56. The van der Waals surface area contributed by atoms with E-state index in [2.05, 4.69) is 10.2 Å². The molecule has 1 atom stereocenters. The van der Waals surface area contributed by atoms with Gasteiger partial charge in [-0.3, -0.25) is 4.79 Å². The van der Waals surface area contributed by atoms with Gasteiger partial charge in [0.15, 0.2) is 11.6 Å². The number of likely N-dealkylation sites (N-methyl/N-ethyl adjacent to an activating group) is 1. The van der Waals surface area contributed by atoms with Gasteiger partial charge in [0.25, 0.3) is 0 Å². The van der Waals surface area contributed by atoms with Gasteiger partial charge >= 0.3 is 5.97 Å². The van der Waals surface area contributed by atoms with Crippen LogP contribution in [0, 0.1) is 0 Å². The number of amides is 1. The fourth-order valence-electron chi connectivity index (χ4n) is 4.38. The van der Waals surface area contributed by atoms with E-state index in [4.69, 9.17) is 19.2 Å². The highest BCUT2D eigenvalue weighted by Crippen LogP contribution is 2.39. The van der Waals surface area contributed by atoms with Gasteiger partial charge < -0.3 is 29.3 Å². The van der Waals surface area contributed by atoms with E-state index >= 15 is 0 Å². The first-order chi connectivity index (χ1) is 15.5. The van der Waals surface area contributed by atoms with Gasteiger partial charge in [-0.2, -0.15) is 0 Å². The Hall–Kier alpha value is -3.33. The van der Waals surface area contributed by atoms with Gasteiger partial charge in [0.2, 0.25) is 5.91 Å². The number of aromatic nitrogens is 1. The number of methoxy groups -OCH3 is 2. The third-order valence-corrected chi connectivity index (χ3v) is 6.04. The van der Waals surface area contributed by atoms with Crippen molar-refractivity contribution >= 4 is 34.9 Å². The topological polar surface area (TPSA) is 93.2 Å². The molecule has 2 aromatic rings. The van der Waals surface area contributed by atoms with E-state index in [0.717, 1.165) is 24.3 Å². The second kappa shape index (κ2) is 9.04. The molecule has 1 unspecified atom stereocenters. The van der Waals surface area contributed by atoms with Crippen molar-refractivity contribution in [1.82, 2.24) is 4.98 Å². The molecule has 9 heteroatoms. The van der Waals surface area contributed by atoms with Gasteiger partial charge in [0.05, 0.1) is 25.6 Å².